The molecule has 0 aliphatic rings. The van der Waals surface area contributed by atoms with E-state index in [9.17, 15) is 13.6 Å². The number of aromatic nitrogens is 2. The number of nitrogens with two attached hydrogens (primary N) is 1. The first-order chi connectivity index (χ1) is 9.93. The Morgan fingerprint density at radius 3 is 2.76 bits per heavy atom. The number of carboxylic acids is 1. The van der Waals surface area contributed by atoms with Gasteiger partial charge in [-0.05, 0) is 30.7 Å². The summed E-state index contributed by atoms with van der Waals surface area (Å²) in [5, 5.41) is 13.1. The van der Waals surface area contributed by atoms with Gasteiger partial charge in [-0.3, -0.25) is 4.68 Å². The SMILES string of the molecule is CCn1nccc1Cc1cc(C(=O)O)c(N)cc1C(F)F. The molecule has 1 heterocycles. The van der Waals surface area contributed by atoms with E-state index in [-0.39, 0.29) is 28.8 Å². The van der Waals surface area contributed by atoms with Crippen molar-refractivity contribution in [2.24, 2.45) is 0 Å². The van der Waals surface area contributed by atoms with E-state index in [1.807, 2.05) is 6.92 Å². The van der Waals surface area contributed by atoms with Crippen LogP contribution in [0.2, 0.25) is 0 Å². The highest BCUT2D eigenvalue weighted by Gasteiger charge is 2.19. The number of halogens is 2. The lowest BCUT2D eigenvalue weighted by atomic mass is 9.98. The molecule has 2 aromatic rings. The van der Waals surface area contributed by atoms with Crippen molar-refractivity contribution < 1.29 is 18.7 Å². The van der Waals surface area contributed by atoms with E-state index >= 15 is 0 Å². The number of hydrogen-bond donors (Lipinski definition) is 2. The molecule has 0 aliphatic carbocycles. The molecule has 0 radical (unpaired) electrons. The molecule has 2 rings (SSSR count). The van der Waals surface area contributed by atoms with E-state index < -0.39 is 12.4 Å². The topological polar surface area (TPSA) is 81.1 Å². The van der Waals surface area contributed by atoms with Crippen LogP contribution in [0.15, 0.2) is 24.4 Å². The van der Waals surface area contributed by atoms with Crippen LogP contribution in [0, 0.1) is 0 Å². The van der Waals surface area contributed by atoms with Gasteiger partial charge < -0.3 is 10.8 Å². The Hall–Kier alpha value is -2.44. The number of nitrogen functional groups attached to an aromatic ring is 1. The number of aromatic carboxylic acids is 1. The molecule has 7 heteroatoms. The maximum atomic E-state index is 13.1. The summed E-state index contributed by atoms with van der Waals surface area (Å²) in [6.45, 7) is 2.49. The molecule has 0 amide bonds. The summed E-state index contributed by atoms with van der Waals surface area (Å²) in [6, 6.07) is 3.97. The standard InChI is InChI=1S/C14H15F2N3O2/c1-2-19-9(3-4-18-19)5-8-6-11(14(20)21)12(17)7-10(8)13(15)16/h3-4,6-7,13H,2,5,17H2,1H3,(H,20,21). The molecular formula is C14H15F2N3O2. The molecule has 1 aromatic carbocycles. The maximum Gasteiger partial charge on any atom is 0.337 e. The third kappa shape index (κ3) is 3.01. The van der Waals surface area contributed by atoms with Gasteiger partial charge in [-0.2, -0.15) is 5.10 Å². The first-order valence-corrected chi connectivity index (χ1v) is 6.38. The average Bonchev–Trinajstić information content (AvgIpc) is 2.86. The number of nitrogens with zero attached hydrogens (tertiary/aromatic N) is 2. The molecule has 3 N–H and O–H groups in total. The van der Waals surface area contributed by atoms with Crippen molar-refractivity contribution in [3.05, 3.63) is 46.8 Å². The normalized spacial score (nSPS) is 11.0. The average molecular weight is 295 g/mol. The molecular weight excluding hydrogens is 280 g/mol. The molecule has 0 fully saturated rings. The molecule has 1 aromatic heterocycles. The maximum absolute atomic E-state index is 13.1. The largest absolute Gasteiger partial charge is 0.478 e. The van der Waals surface area contributed by atoms with Crippen LogP contribution in [0.25, 0.3) is 0 Å². The zero-order chi connectivity index (χ0) is 15.6. The summed E-state index contributed by atoms with van der Waals surface area (Å²) in [5.74, 6) is -1.24. The van der Waals surface area contributed by atoms with E-state index in [2.05, 4.69) is 5.10 Å². The van der Waals surface area contributed by atoms with Gasteiger partial charge in [-0.25, -0.2) is 13.6 Å². The Balaban J connectivity index is 2.50. The zero-order valence-electron chi connectivity index (χ0n) is 11.4. The van der Waals surface area contributed by atoms with E-state index in [1.54, 1.807) is 16.9 Å². The quantitative estimate of drug-likeness (QED) is 0.831. The third-order valence-electron chi connectivity index (χ3n) is 3.25. The van der Waals surface area contributed by atoms with Gasteiger partial charge in [0.05, 0.1) is 5.56 Å². The fourth-order valence-electron chi connectivity index (χ4n) is 2.21. The minimum atomic E-state index is -2.72. The van der Waals surface area contributed by atoms with Gasteiger partial charge in [-0.15, -0.1) is 0 Å². The molecule has 0 bridgehead atoms. The molecule has 0 unspecified atom stereocenters. The summed E-state index contributed by atoms with van der Waals surface area (Å²) in [5.41, 5.74) is 5.93. The highest BCUT2D eigenvalue weighted by molar-refractivity contribution is 5.94. The van der Waals surface area contributed by atoms with Crippen LogP contribution in [-0.2, 0) is 13.0 Å². The van der Waals surface area contributed by atoms with Crippen molar-refractivity contribution in [1.82, 2.24) is 9.78 Å². The third-order valence-corrected chi connectivity index (χ3v) is 3.25. The molecule has 0 saturated carbocycles. The number of carboxylic acid groups (broad SMARTS) is 1. The predicted molar refractivity (Wildman–Crippen MR) is 73.5 cm³/mol. The molecule has 0 spiro atoms. The number of rotatable bonds is 5. The second-order valence-electron chi connectivity index (χ2n) is 4.56. The van der Waals surface area contributed by atoms with Crippen LogP contribution in [0.4, 0.5) is 14.5 Å². The Morgan fingerprint density at radius 1 is 1.48 bits per heavy atom. The first kappa shape index (κ1) is 15.0. The van der Waals surface area contributed by atoms with Gasteiger partial charge >= 0.3 is 5.97 Å². The summed E-state index contributed by atoms with van der Waals surface area (Å²) >= 11 is 0. The smallest absolute Gasteiger partial charge is 0.337 e. The van der Waals surface area contributed by atoms with Gasteiger partial charge in [-0.1, -0.05) is 0 Å². The van der Waals surface area contributed by atoms with Crippen LogP contribution in [-0.4, -0.2) is 20.9 Å². The molecule has 112 valence electrons. The number of carbonyl (C=O) groups is 1. The van der Waals surface area contributed by atoms with Crippen molar-refractivity contribution in [2.45, 2.75) is 26.3 Å². The van der Waals surface area contributed by atoms with Crippen molar-refractivity contribution in [3.63, 3.8) is 0 Å². The Kier molecular flexibility index (Phi) is 4.21. The van der Waals surface area contributed by atoms with E-state index in [4.69, 9.17) is 10.8 Å². The van der Waals surface area contributed by atoms with E-state index in [0.29, 0.717) is 6.54 Å². The van der Waals surface area contributed by atoms with Gasteiger partial charge in [0.2, 0.25) is 0 Å². The van der Waals surface area contributed by atoms with Crippen LogP contribution in [0.3, 0.4) is 0 Å². The van der Waals surface area contributed by atoms with Gasteiger partial charge in [0, 0.05) is 36.1 Å². The summed E-state index contributed by atoms with van der Waals surface area (Å²) in [4.78, 5) is 11.1. The van der Waals surface area contributed by atoms with Crippen molar-refractivity contribution in [2.75, 3.05) is 5.73 Å². The minimum absolute atomic E-state index is 0.162. The van der Waals surface area contributed by atoms with E-state index in [1.165, 1.54) is 6.07 Å². The molecule has 0 saturated heterocycles. The summed E-state index contributed by atoms with van der Waals surface area (Å²) in [7, 11) is 0. The predicted octanol–water partition coefficient (Wildman–Crippen LogP) is 2.71. The number of hydrogen-bond acceptors (Lipinski definition) is 3. The lowest BCUT2D eigenvalue weighted by molar-refractivity contribution is 0.0697. The molecule has 0 aliphatic heterocycles. The van der Waals surface area contributed by atoms with E-state index in [0.717, 1.165) is 11.8 Å². The molecule has 0 atom stereocenters. The van der Waals surface area contributed by atoms with Gasteiger partial charge in [0.1, 0.15) is 0 Å². The number of benzene rings is 1. The van der Waals surface area contributed by atoms with Crippen molar-refractivity contribution in [1.29, 1.82) is 0 Å². The number of alkyl halides is 2. The van der Waals surface area contributed by atoms with Gasteiger partial charge in [0.15, 0.2) is 0 Å². The zero-order valence-corrected chi connectivity index (χ0v) is 11.4. The van der Waals surface area contributed by atoms with Gasteiger partial charge in [0.25, 0.3) is 6.43 Å². The Bertz CT molecular complexity index is 668. The molecule has 5 nitrogen and oxygen atoms in total. The minimum Gasteiger partial charge on any atom is -0.478 e. The number of anilines is 1. The lowest BCUT2D eigenvalue weighted by Gasteiger charge is -2.13. The lowest BCUT2D eigenvalue weighted by Crippen LogP contribution is -2.09. The fourth-order valence-corrected chi connectivity index (χ4v) is 2.21. The molecule has 21 heavy (non-hydrogen) atoms. The highest BCUT2D eigenvalue weighted by atomic mass is 19.3. The Labute approximate surface area is 120 Å². The highest BCUT2D eigenvalue weighted by Crippen LogP contribution is 2.29. The monoisotopic (exact) mass is 295 g/mol. The summed E-state index contributed by atoms with van der Waals surface area (Å²) in [6.07, 6.45) is -0.965. The van der Waals surface area contributed by atoms with Crippen LogP contribution >= 0.6 is 0 Å². The second-order valence-corrected chi connectivity index (χ2v) is 4.56. The van der Waals surface area contributed by atoms with Crippen molar-refractivity contribution >= 4 is 11.7 Å². The summed E-state index contributed by atoms with van der Waals surface area (Å²) < 4.78 is 27.9. The van der Waals surface area contributed by atoms with Crippen LogP contribution in [0.5, 0.6) is 0 Å². The van der Waals surface area contributed by atoms with Crippen LogP contribution in [0.1, 0.15) is 40.5 Å². The second kappa shape index (κ2) is 5.90. The number of aryl methyl sites for hydroxylation is 1. The first-order valence-electron chi connectivity index (χ1n) is 6.38. The van der Waals surface area contributed by atoms with Crippen molar-refractivity contribution in [3.8, 4) is 0 Å². The Morgan fingerprint density at radius 2 is 2.19 bits per heavy atom. The van der Waals surface area contributed by atoms with Crippen LogP contribution < -0.4 is 5.73 Å². The fraction of sp³-hybridized carbons (Fsp3) is 0.286.